The number of benzene rings is 1. The van der Waals surface area contributed by atoms with E-state index in [1.165, 1.54) is 0 Å². The number of H-pyrrole nitrogens is 1. The van der Waals surface area contributed by atoms with Crippen molar-refractivity contribution in [1.29, 1.82) is 0 Å². The molecular formula is C20H28BNO3. The molecule has 134 valence electrons. The van der Waals surface area contributed by atoms with Crippen LogP contribution in [0.3, 0.4) is 0 Å². The van der Waals surface area contributed by atoms with Crippen molar-refractivity contribution in [2.24, 2.45) is 5.92 Å². The fourth-order valence-electron chi connectivity index (χ4n) is 3.15. The first-order chi connectivity index (χ1) is 11.5. The van der Waals surface area contributed by atoms with Crippen molar-refractivity contribution in [3.05, 3.63) is 40.2 Å². The van der Waals surface area contributed by atoms with Crippen molar-refractivity contribution in [2.75, 3.05) is 0 Å². The maximum Gasteiger partial charge on any atom is 0.494 e. The van der Waals surface area contributed by atoms with Gasteiger partial charge < -0.3 is 14.3 Å². The Morgan fingerprint density at radius 3 is 2.16 bits per heavy atom. The Balaban J connectivity index is 2.15. The predicted octanol–water partition coefficient (Wildman–Crippen LogP) is 3.59. The molecule has 0 bridgehead atoms. The molecule has 0 saturated carbocycles. The van der Waals surface area contributed by atoms with Gasteiger partial charge in [0.2, 0.25) is 5.56 Å². The molecule has 1 aliphatic rings. The molecule has 0 spiro atoms. The summed E-state index contributed by atoms with van der Waals surface area (Å²) in [5, 5.41) is 1.01. The SMILES string of the molecule is CC(C)C(C)c1cc(B2OC(C)(C)C(C)(C)O2)cc2ccc(=O)[nH]c12. The first-order valence-electron chi connectivity index (χ1n) is 9.04. The van der Waals surface area contributed by atoms with Crippen molar-refractivity contribution < 1.29 is 9.31 Å². The van der Waals surface area contributed by atoms with Crippen molar-refractivity contribution >= 4 is 23.5 Å². The molecule has 25 heavy (non-hydrogen) atoms. The summed E-state index contributed by atoms with van der Waals surface area (Å²) < 4.78 is 12.4. The highest BCUT2D eigenvalue weighted by atomic mass is 16.7. The fraction of sp³-hybridized carbons (Fsp3) is 0.550. The molecule has 1 saturated heterocycles. The molecule has 1 atom stereocenters. The quantitative estimate of drug-likeness (QED) is 0.868. The lowest BCUT2D eigenvalue weighted by atomic mass is 9.75. The third kappa shape index (κ3) is 3.15. The van der Waals surface area contributed by atoms with Crippen LogP contribution in [0, 0.1) is 5.92 Å². The molecule has 4 nitrogen and oxygen atoms in total. The molecule has 1 aromatic heterocycles. The van der Waals surface area contributed by atoms with E-state index in [-0.39, 0.29) is 16.8 Å². The Labute approximate surface area is 150 Å². The van der Waals surface area contributed by atoms with E-state index in [1.807, 2.05) is 6.07 Å². The largest absolute Gasteiger partial charge is 0.494 e. The number of nitrogens with one attached hydrogen (secondary N) is 1. The topological polar surface area (TPSA) is 51.3 Å². The Morgan fingerprint density at radius 1 is 1.00 bits per heavy atom. The summed E-state index contributed by atoms with van der Waals surface area (Å²) in [5.41, 5.74) is 2.22. The van der Waals surface area contributed by atoms with Crippen LogP contribution in [-0.2, 0) is 9.31 Å². The van der Waals surface area contributed by atoms with Crippen LogP contribution in [0.2, 0.25) is 0 Å². The normalized spacial score (nSPS) is 20.4. The minimum Gasteiger partial charge on any atom is -0.399 e. The Morgan fingerprint density at radius 2 is 1.60 bits per heavy atom. The van der Waals surface area contributed by atoms with E-state index >= 15 is 0 Å². The van der Waals surface area contributed by atoms with Gasteiger partial charge in [0.05, 0.1) is 16.7 Å². The van der Waals surface area contributed by atoms with E-state index < -0.39 is 7.12 Å². The average molecular weight is 341 g/mol. The average Bonchev–Trinajstić information content (AvgIpc) is 2.73. The van der Waals surface area contributed by atoms with Crippen LogP contribution in [0.5, 0.6) is 0 Å². The van der Waals surface area contributed by atoms with Crippen LogP contribution in [0.4, 0.5) is 0 Å². The summed E-state index contributed by atoms with van der Waals surface area (Å²) in [7, 11) is -0.403. The highest BCUT2D eigenvalue weighted by Gasteiger charge is 2.51. The molecule has 2 heterocycles. The summed E-state index contributed by atoms with van der Waals surface area (Å²) >= 11 is 0. The van der Waals surface area contributed by atoms with Crippen molar-refractivity contribution in [2.45, 2.75) is 65.6 Å². The molecule has 1 N–H and O–H groups in total. The van der Waals surface area contributed by atoms with E-state index in [4.69, 9.17) is 9.31 Å². The first kappa shape index (κ1) is 18.2. The molecule has 3 rings (SSSR count). The summed E-state index contributed by atoms with van der Waals surface area (Å²) in [6, 6.07) is 7.63. The number of pyridine rings is 1. The van der Waals surface area contributed by atoms with Crippen LogP contribution in [0.1, 0.15) is 59.9 Å². The van der Waals surface area contributed by atoms with Crippen LogP contribution in [0.15, 0.2) is 29.1 Å². The third-order valence-electron chi connectivity index (χ3n) is 5.90. The van der Waals surface area contributed by atoms with Gasteiger partial charge in [-0.15, -0.1) is 0 Å². The zero-order valence-electron chi connectivity index (χ0n) is 16.3. The van der Waals surface area contributed by atoms with Crippen LogP contribution in [-0.4, -0.2) is 23.3 Å². The van der Waals surface area contributed by atoms with E-state index in [0.717, 1.165) is 21.9 Å². The van der Waals surface area contributed by atoms with Crippen molar-refractivity contribution in [1.82, 2.24) is 4.98 Å². The number of aromatic nitrogens is 1. The summed E-state index contributed by atoms with van der Waals surface area (Å²) in [6.07, 6.45) is 0. The highest BCUT2D eigenvalue weighted by Crippen LogP contribution is 2.37. The van der Waals surface area contributed by atoms with Crippen molar-refractivity contribution in [3.63, 3.8) is 0 Å². The van der Waals surface area contributed by atoms with Gasteiger partial charge in [-0.2, -0.15) is 0 Å². The van der Waals surface area contributed by atoms with Gasteiger partial charge in [0.1, 0.15) is 0 Å². The summed E-state index contributed by atoms with van der Waals surface area (Å²) in [6.45, 7) is 14.8. The zero-order valence-corrected chi connectivity index (χ0v) is 16.3. The van der Waals surface area contributed by atoms with Crippen LogP contribution in [0.25, 0.3) is 10.9 Å². The van der Waals surface area contributed by atoms with Gasteiger partial charge in [0.15, 0.2) is 0 Å². The Bertz CT molecular complexity index is 838. The molecule has 1 aliphatic heterocycles. The minimum absolute atomic E-state index is 0.0758. The van der Waals surface area contributed by atoms with E-state index in [0.29, 0.717) is 11.8 Å². The van der Waals surface area contributed by atoms with Gasteiger partial charge in [-0.3, -0.25) is 4.79 Å². The molecule has 2 aromatic rings. The third-order valence-corrected chi connectivity index (χ3v) is 5.90. The molecular weight excluding hydrogens is 313 g/mol. The maximum atomic E-state index is 11.8. The van der Waals surface area contributed by atoms with Gasteiger partial charge in [-0.1, -0.05) is 32.9 Å². The van der Waals surface area contributed by atoms with Gasteiger partial charge in [0, 0.05) is 6.07 Å². The molecule has 0 radical (unpaired) electrons. The Hall–Kier alpha value is -1.59. The minimum atomic E-state index is -0.403. The van der Waals surface area contributed by atoms with Crippen LogP contribution >= 0.6 is 0 Å². The summed E-state index contributed by atoms with van der Waals surface area (Å²) in [5.74, 6) is 0.767. The van der Waals surface area contributed by atoms with E-state index in [9.17, 15) is 4.79 Å². The second kappa shape index (κ2) is 5.99. The van der Waals surface area contributed by atoms with E-state index in [2.05, 4.69) is 65.6 Å². The lowest BCUT2D eigenvalue weighted by Crippen LogP contribution is -2.41. The highest BCUT2D eigenvalue weighted by molar-refractivity contribution is 6.62. The zero-order chi connectivity index (χ0) is 18.6. The second-order valence-electron chi connectivity index (χ2n) is 8.52. The monoisotopic (exact) mass is 341 g/mol. The second-order valence-corrected chi connectivity index (χ2v) is 8.52. The molecule has 1 aromatic carbocycles. The first-order valence-corrected chi connectivity index (χ1v) is 9.04. The predicted molar refractivity (Wildman–Crippen MR) is 104 cm³/mol. The van der Waals surface area contributed by atoms with Crippen molar-refractivity contribution in [3.8, 4) is 0 Å². The Kier molecular flexibility index (Phi) is 4.37. The summed E-state index contributed by atoms with van der Waals surface area (Å²) in [4.78, 5) is 14.8. The molecule has 0 aliphatic carbocycles. The number of hydrogen-bond acceptors (Lipinski definition) is 3. The fourth-order valence-corrected chi connectivity index (χ4v) is 3.15. The molecule has 1 fully saturated rings. The smallest absolute Gasteiger partial charge is 0.399 e. The molecule has 1 unspecified atom stereocenters. The number of fused-ring (bicyclic) bond motifs is 1. The van der Waals surface area contributed by atoms with Gasteiger partial charge in [-0.05, 0) is 62.0 Å². The number of aromatic amines is 1. The maximum absolute atomic E-state index is 11.8. The molecule has 0 amide bonds. The standard InChI is InChI=1S/C20H28BNO3/c1-12(2)13(3)16-11-15(10-14-8-9-17(23)22-18(14)16)21-24-19(4,5)20(6,7)25-21/h8-13H,1-7H3,(H,22,23). The molecule has 5 heteroatoms. The number of hydrogen-bond donors (Lipinski definition) is 1. The van der Waals surface area contributed by atoms with E-state index in [1.54, 1.807) is 6.07 Å². The lowest BCUT2D eigenvalue weighted by molar-refractivity contribution is 0.00578. The van der Waals surface area contributed by atoms with Gasteiger partial charge in [-0.25, -0.2) is 0 Å². The lowest BCUT2D eigenvalue weighted by Gasteiger charge is -2.32. The van der Waals surface area contributed by atoms with Crippen LogP contribution < -0.4 is 11.0 Å². The van der Waals surface area contributed by atoms with Gasteiger partial charge >= 0.3 is 7.12 Å². The number of rotatable bonds is 3. The van der Waals surface area contributed by atoms with Gasteiger partial charge in [0.25, 0.3) is 0 Å².